The summed E-state index contributed by atoms with van der Waals surface area (Å²) in [5, 5.41) is 15.0. The molecule has 88 valence electrons. The van der Waals surface area contributed by atoms with Crippen LogP contribution in [0.3, 0.4) is 0 Å². The SMILES string of the molecule is Cc1cnn(Cc2cccc([N+](=O)[O-])c2C)c1. The van der Waals surface area contributed by atoms with Crippen molar-refractivity contribution in [3.63, 3.8) is 0 Å². The van der Waals surface area contributed by atoms with Crippen molar-refractivity contribution in [3.05, 3.63) is 57.4 Å². The van der Waals surface area contributed by atoms with E-state index in [0.717, 1.165) is 11.1 Å². The van der Waals surface area contributed by atoms with Crippen LogP contribution in [-0.2, 0) is 6.54 Å². The number of nitrogens with zero attached hydrogens (tertiary/aromatic N) is 3. The summed E-state index contributed by atoms with van der Waals surface area (Å²) in [6, 6.07) is 5.11. The number of aryl methyl sites for hydroxylation is 1. The Labute approximate surface area is 98.8 Å². The molecule has 0 saturated heterocycles. The highest BCUT2D eigenvalue weighted by Crippen LogP contribution is 2.21. The third-order valence-electron chi connectivity index (χ3n) is 2.71. The summed E-state index contributed by atoms with van der Waals surface area (Å²) in [4.78, 5) is 10.5. The minimum Gasteiger partial charge on any atom is -0.268 e. The molecule has 1 heterocycles. The molecule has 1 aromatic carbocycles. The zero-order valence-corrected chi connectivity index (χ0v) is 9.75. The molecular formula is C12H13N3O2. The van der Waals surface area contributed by atoms with E-state index in [1.54, 1.807) is 23.9 Å². The molecule has 0 spiro atoms. The Morgan fingerprint density at radius 3 is 2.76 bits per heavy atom. The molecule has 0 radical (unpaired) electrons. The van der Waals surface area contributed by atoms with E-state index in [2.05, 4.69) is 5.10 Å². The van der Waals surface area contributed by atoms with Gasteiger partial charge in [-0.3, -0.25) is 14.8 Å². The monoisotopic (exact) mass is 231 g/mol. The highest BCUT2D eigenvalue weighted by Gasteiger charge is 2.13. The first kappa shape index (κ1) is 11.3. The molecule has 2 rings (SSSR count). The number of rotatable bonds is 3. The molecule has 0 aliphatic heterocycles. The molecule has 0 N–H and O–H groups in total. The van der Waals surface area contributed by atoms with E-state index in [0.29, 0.717) is 12.1 Å². The molecular weight excluding hydrogens is 218 g/mol. The van der Waals surface area contributed by atoms with Gasteiger partial charge in [0.25, 0.3) is 5.69 Å². The van der Waals surface area contributed by atoms with Gasteiger partial charge in [0.15, 0.2) is 0 Å². The number of nitro benzene ring substituents is 1. The van der Waals surface area contributed by atoms with Gasteiger partial charge in [0, 0.05) is 17.8 Å². The van der Waals surface area contributed by atoms with E-state index in [1.165, 1.54) is 6.07 Å². The maximum atomic E-state index is 10.8. The molecule has 0 amide bonds. The minimum absolute atomic E-state index is 0.159. The van der Waals surface area contributed by atoms with Crippen molar-refractivity contribution < 1.29 is 4.92 Å². The lowest BCUT2D eigenvalue weighted by Gasteiger charge is -2.06. The van der Waals surface area contributed by atoms with Crippen LogP contribution < -0.4 is 0 Å². The van der Waals surface area contributed by atoms with Gasteiger partial charge >= 0.3 is 0 Å². The van der Waals surface area contributed by atoms with Gasteiger partial charge in [-0.05, 0) is 25.0 Å². The molecule has 5 nitrogen and oxygen atoms in total. The highest BCUT2D eigenvalue weighted by atomic mass is 16.6. The van der Waals surface area contributed by atoms with Gasteiger partial charge < -0.3 is 0 Å². The van der Waals surface area contributed by atoms with Crippen molar-refractivity contribution in [1.82, 2.24) is 9.78 Å². The Morgan fingerprint density at radius 1 is 1.41 bits per heavy atom. The third-order valence-corrected chi connectivity index (χ3v) is 2.71. The van der Waals surface area contributed by atoms with Gasteiger partial charge in [-0.1, -0.05) is 12.1 Å². The van der Waals surface area contributed by atoms with Crippen molar-refractivity contribution >= 4 is 5.69 Å². The average molecular weight is 231 g/mol. The second-order valence-electron chi connectivity index (χ2n) is 4.03. The molecule has 0 bridgehead atoms. The molecule has 0 atom stereocenters. The fraction of sp³-hybridized carbons (Fsp3) is 0.250. The second kappa shape index (κ2) is 4.37. The molecule has 17 heavy (non-hydrogen) atoms. The maximum Gasteiger partial charge on any atom is 0.272 e. The fourth-order valence-corrected chi connectivity index (χ4v) is 1.77. The van der Waals surface area contributed by atoms with Crippen LogP contribution in [0.5, 0.6) is 0 Å². The summed E-state index contributed by atoms with van der Waals surface area (Å²) in [5.74, 6) is 0. The van der Waals surface area contributed by atoms with E-state index < -0.39 is 0 Å². The Hall–Kier alpha value is -2.17. The van der Waals surface area contributed by atoms with Gasteiger partial charge in [-0.15, -0.1) is 0 Å². The van der Waals surface area contributed by atoms with Crippen LogP contribution in [-0.4, -0.2) is 14.7 Å². The molecule has 2 aromatic rings. The van der Waals surface area contributed by atoms with Crippen molar-refractivity contribution in [2.24, 2.45) is 0 Å². The summed E-state index contributed by atoms with van der Waals surface area (Å²) in [5.41, 5.74) is 2.85. The van der Waals surface area contributed by atoms with E-state index in [9.17, 15) is 10.1 Å². The fourth-order valence-electron chi connectivity index (χ4n) is 1.77. The quantitative estimate of drug-likeness (QED) is 0.602. The highest BCUT2D eigenvalue weighted by molar-refractivity contribution is 5.44. The third kappa shape index (κ3) is 2.33. The summed E-state index contributed by atoms with van der Waals surface area (Å²) in [7, 11) is 0. The first-order chi connectivity index (χ1) is 8.08. The zero-order valence-electron chi connectivity index (χ0n) is 9.75. The Balaban J connectivity index is 2.33. The normalized spacial score (nSPS) is 10.5. The number of hydrogen-bond acceptors (Lipinski definition) is 3. The number of benzene rings is 1. The van der Waals surface area contributed by atoms with Crippen LogP contribution >= 0.6 is 0 Å². The molecule has 0 saturated carbocycles. The lowest BCUT2D eigenvalue weighted by Crippen LogP contribution is -2.03. The Morgan fingerprint density at radius 2 is 2.18 bits per heavy atom. The summed E-state index contributed by atoms with van der Waals surface area (Å²) < 4.78 is 1.78. The molecule has 0 fully saturated rings. The van der Waals surface area contributed by atoms with Crippen LogP contribution in [0.4, 0.5) is 5.69 Å². The minimum atomic E-state index is -0.354. The maximum absolute atomic E-state index is 10.8. The topological polar surface area (TPSA) is 61.0 Å². The summed E-state index contributed by atoms with van der Waals surface area (Å²) in [6.45, 7) is 4.29. The zero-order chi connectivity index (χ0) is 12.4. The van der Waals surface area contributed by atoms with Gasteiger partial charge in [0.1, 0.15) is 0 Å². The van der Waals surface area contributed by atoms with Gasteiger partial charge in [-0.25, -0.2) is 0 Å². The van der Waals surface area contributed by atoms with E-state index >= 15 is 0 Å². The van der Waals surface area contributed by atoms with Gasteiger partial charge in [0.2, 0.25) is 0 Å². The molecule has 5 heteroatoms. The molecule has 0 aliphatic rings. The molecule has 1 aromatic heterocycles. The van der Waals surface area contributed by atoms with Crippen LogP contribution in [0.2, 0.25) is 0 Å². The predicted molar refractivity (Wildman–Crippen MR) is 63.9 cm³/mol. The Kier molecular flexibility index (Phi) is 2.91. The number of aromatic nitrogens is 2. The summed E-state index contributed by atoms with van der Waals surface area (Å²) >= 11 is 0. The predicted octanol–water partition coefficient (Wildman–Crippen LogP) is 2.46. The lowest BCUT2D eigenvalue weighted by molar-refractivity contribution is -0.385. The molecule has 0 unspecified atom stereocenters. The van der Waals surface area contributed by atoms with Crippen molar-refractivity contribution in [3.8, 4) is 0 Å². The van der Waals surface area contributed by atoms with Crippen LogP contribution in [0, 0.1) is 24.0 Å². The van der Waals surface area contributed by atoms with Crippen LogP contribution in [0.1, 0.15) is 16.7 Å². The van der Waals surface area contributed by atoms with E-state index in [4.69, 9.17) is 0 Å². The van der Waals surface area contributed by atoms with Crippen LogP contribution in [0.25, 0.3) is 0 Å². The Bertz CT molecular complexity index is 561. The number of hydrogen-bond donors (Lipinski definition) is 0. The van der Waals surface area contributed by atoms with Crippen molar-refractivity contribution in [2.45, 2.75) is 20.4 Å². The first-order valence-corrected chi connectivity index (χ1v) is 5.30. The average Bonchev–Trinajstić information content (AvgIpc) is 2.67. The standard InChI is InChI=1S/C12H13N3O2/c1-9-6-13-14(7-9)8-11-4-3-5-12(10(11)2)15(16)17/h3-7H,8H2,1-2H3. The first-order valence-electron chi connectivity index (χ1n) is 5.30. The molecule has 0 aliphatic carbocycles. The van der Waals surface area contributed by atoms with E-state index in [1.807, 2.05) is 19.2 Å². The largest absolute Gasteiger partial charge is 0.272 e. The van der Waals surface area contributed by atoms with Crippen LogP contribution in [0.15, 0.2) is 30.6 Å². The lowest BCUT2D eigenvalue weighted by atomic mass is 10.1. The summed E-state index contributed by atoms with van der Waals surface area (Å²) in [6.07, 6.45) is 3.69. The smallest absolute Gasteiger partial charge is 0.268 e. The van der Waals surface area contributed by atoms with Gasteiger partial charge in [0.05, 0.1) is 17.7 Å². The number of nitro groups is 1. The van der Waals surface area contributed by atoms with E-state index in [-0.39, 0.29) is 10.6 Å². The second-order valence-corrected chi connectivity index (χ2v) is 4.03. The van der Waals surface area contributed by atoms with Crippen molar-refractivity contribution in [1.29, 1.82) is 0 Å². The van der Waals surface area contributed by atoms with Gasteiger partial charge in [-0.2, -0.15) is 5.10 Å². The van der Waals surface area contributed by atoms with Crippen molar-refractivity contribution in [2.75, 3.05) is 0 Å².